The molecule has 0 spiro atoms. The van der Waals surface area contributed by atoms with Crippen molar-refractivity contribution in [2.75, 3.05) is 6.61 Å². The maximum atomic E-state index is 11.0. The first kappa shape index (κ1) is 12.3. The molecule has 4 aliphatic carbocycles. The number of rotatable bonds is 5. The predicted molar refractivity (Wildman–Crippen MR) is 71.0 cm³/mol. The zero-order valence-electron chi connectivity index (χ0n) is 11.2. The smallest absolute Gasteiger partial charge is 0.330 e. The van der Waals surface area contributed by atoms with Crippen molar-refractivity contribution in [1.29, 1.82) is 0 Å². The first-order valence-corrected chi connectivity index (χ1v) is 7.48. The SMILES string of the molecule is C=CC(=O)OCCCC12CC3CC(CC(C3)C1)C2. The molecule has 0 aromatic carbocycles. The van der Waals surface area contributed by atoms with Crippen molar-refractivity contribution < 1.29 is 9.53 Å². The van der Waals surface area contributed by atoms with Crippen molar-refractivity contribution in [3.63, 3.8) is 0 Å². The molecule has 4 rings (SSSR count). The molecule has 0 saturated heterocycles. The van der Waals surface area contributed by atoms with E-state index in [0.29, 0.717) is 12.0 Å². The fourth-order valence-electron chi connectivity index (χ4n) is 5.28. The summed E-state index contributed by atoms with van der Waals surface area (Å²) in [5.74, 6) is 2.78. The van der Waals surface area contributed by atoms with E-state index in [9.17, 15) is 4.79 Å². The minimum Gasteiger partial charge on any atom is -0.463 e. The number of hydrogen-bond donors (Lipinski definition) is 0. The molecule has 0 radical (unpaired) electrons. The number of carbonyl (C=O) groups excluding carboxylic acids is 1. The molecular formula is C16H24O2. The molecule has 4 bridgehead atoms. The molecule has 2 heteroatoms. The Kier molecular flexibility index (Phi) is 3.21. The van der Waals surface area contributed by atoms with Gasteiger partial charge in [0.25, 0.3) is 0 Å². The molecule has 4 fully saturated rings. The van der Waals surface area contributed by atoms with Crippen molar-refractivity contribution in [3.05, 3.63) is 12.7 Å². The third kappa shape index (κ3) is 2.34. The van der Waals surface area contributed by atoms with Gasteiger partial charge in [0.2, 0.25) is 0 Å². The van der Waals surface area contributed by atoms with E-state index in [1.807, 2.05) is 0 Å². The number of carbonyl (C=O) groups is 1. The summed E-state index contributed by atoms with van der Waals surface area (Å²) in [6.07, 6.45) is 12.4. The highest BCUT2D eigenvalue weighted by atomic mass is 16.5. The second-order valence-corrected chi connectivity index (χ2v) is 6.89. The second-order valence-electron chi connectivity index (χ2n) is 6.89. The number of esters is 1. The molecule has 0 aliphatic heterocycles. The normalized spacial score (nSPS) is 40.8. The standard InChI is InChI=1S/C16H24O2/c1-2-15(17)18-5-3-4-16-9-12-6-13(10-16)8-14(7-12)11-16/h2,12-14H,1,3-11H2. The van der Waals surface area contributed by atoms with Crippen LogP contribution in [0.25, 0.3) is 0 Å². The van der Waals surface area contributed by atoms with Crippen LogP contribution in [0.4, 0.5) is 0 Å². The highest BCUT2D eigenvalue weighted by Crippen LogP contribution is 2.61. The summed E-state index contributed by atoms with van der Waals surface area (Å²) in [7, 11) is 0. The van der Waals surface area contributed by atoms with E-state index in [2.05, 4.69) is 6.58 Å². The van der Waals surface area contributed by atoms with Crippen LogP contribution in [0.2, 0.25) is 0 Å². The third-order valence-corrected chi connectivity index (χ3v) is 5.43. The third-order valence-electron chi connectivity index (χ3n) is 5.43. The lowest BCUT2D eigenvalue weighted by molar-refractivity contribution is -0.138. The van der Waals surface area contributed by atoms with Crippen molar-refractivity contribution in [1.82, 2.24) is 0 Å². The van der Waals surface area contributed by atoms with Crippen LogP contribution in [0, 0.1) is 23.2 Å². The molecule has 4 aliphatic rings. The highest BCUT2D eigenvalue weighted by molar-refractivity contribution is 5.81. The summed E-state index contributed by atoms with van der Waals surface area (Å²) in [4.78, 5) is 11.0. The van der Waals surface area contributed by atoms with Crippen LogP contribution < -0.4 is 0 Å². The van der Waals surface area contributed by atoms with Gasteiger partial charge in [0, 0.05) is 6.08 Å². The van der Waals surface area contributed by atoms with Gasteiger partial charge < -0.3 is 4.74 Å². The van der Waals surface area contributed by atoms with Crippen LogP contribution in [0.3, 0.4) is 0 Å². The largest absolute Gasteiger partial charge is 0.463 e. The summed E-state index contributed by atoms with van der Waals surface area (Å²) in [5, 5.41) is 0. The van der Waals surface area contributed by atoms with Gasteiger partial charge in [0.05, 0.1) is 6.61 Å². The average Bonchev–Trinajstić information content (AvgIpc) is 2.32. The van der Waals surface area contributed by atoms with Gasteiger partial charge in [0.1, 0.15) is 0 Å². The Morgan fingerprint density at radius 1 is 1.17 bits per heavy atom. The number of ether oxygens (including phenoxy) is 1. The van der Waals surface area contributed by atoms with E-state index < -0.39 is 0 Å². The second kappa shape index (κ2) is 4.71. The lowest BCUT2D eigenvalue weighted by atomic mass is 9.48. The van der Waals surface area contributed by atoms with Crippen LogP contribution in [0.5, 0.6) is 0 Å². The molecule has 2 nitrogen and oxygen atoms in total. The Bertz CT molecular complexity index is 310. The first-order chi connectivity index (χ1) is 8.69. The molecule has 0 atom stereocenters. The molecule has 4 saturated carbocycles. The zero-order valence-corrected chi connectivity index (χ0v) is 11.2. The molecule has 100 valence electrons. The van der Waals surface area contributed by atoms with E-state index in [1.165, 1.54) is 51.0 Å². The van der Waals surface area contributed by atoms with Crippen LogP contribution in [0.15, 0.2) is 12.7 Å². The average molecular weight is 248 g/mol. The van der Waals surface area contributed by atoms with Gasteiger partial charge in [-0.2, -0.15) is 0 Å². The van der Waals surface area contributed by atoms with Crippen LogP contribution in [0.1, 0.15) is 51.4 Å². The highest BCUT2D eigenvalue weighted by Gasteiger charge is 2.50. The van der Waals surface area contributed by atoms with Crippen LogP contribution >= 0.6 is 0 Å². The van der Waals surface area contributed by atoms with E-state index in [0.717, 1.165) is 24.2 Å². The van der Waals surface area contributed by atoms with Crippen molar-refractivity contribution in [2.24, 2.45) is 23.2 Å². The Balaban J connectivity index is 1.50. The van der Waals surface area contributed by atoms with Gasteiger partial charge in [-0.05, 0) is 74.5 Å². The Hall–Kier alpha value is -0.790. The Morgan fingerprint density at radius 2 is 1.72 bits per heavy atom. The summed E-state index contributed by atoms with van der Waals surface area (Å²) >= 11 is 0. The minimum atomic E-state index is -0.277. The monoisotopic (exact) mass is 248 g/mol. The first-order valence-electron chi connectivity index (χ1n) is 7.48. The van der Waals surface area contributed by atoms with E-state index in [4.69, 9.17) is 4.74 Å². The molecule has 0 heterocycles. The van der Waals surface area contributed by atoms with Gasteiger partial charge >= 0.3 is 5.97 Å². The lowest BCUT2D eigenvalue weighted by Crippen LogP contribution is -2.46. The van der Waals surface area contributed by atoms with Gasteiger partial charge in [-0.15, -0.1) is 0 Å². The van der Waals surface area contributed by atoms with Gasteiger partial charge in [-0.25, -0.2) is 4.79 Å². The molecule has 18 heavy (non-hydrogen) atoms. The van der Waals surface area contributed by atoms with Crippen LogP contribution in [-0.2, 0) is 9.53 Å². The lowest BCUT2D eigenvalue weighted by Gasteiger charge is -2.57. The fourth-order valence-corrected chi connectivity index (χ4v) is 5.28. The molecule has 0 N–H and O–H groups in total. The van der Waals surface area contributed by atoms with E-state index in [1.54, 1.807) is 0 Å². The van der Waals surface area contributed by atoms with Crippen molar-refractivity contribution >= 4 is 5.97 Å². The van der Waals surface area contributed by atoms with E-state index >= 15 is 0 Å². The molecule has 0 aromatic rings. The fraction of sp³-hybridized carbons (Fsp3) is 0.812. The van der Waals surface area contributed by atoms with Crippen molar-refractivity contribution in [2.45, 2.75) is 51.4 Å². The molecule has 0 amide bonds. The predicted octanol–water partition coefficient (Wildman–Crippen LogP) is 3.71. The van der Waals surface area contributed by atoms with Gasteiger partial charge in [-0.3, -0.25) is 0 Å². The summed E-state index contributed by atoms with van der Waals surface area (Å²) < 4.78 is 5.10. The quantitative estimate of drug-likeness (QED) is 0.421. The van der Waals surface area contributed by atoms with Crippen molar-refractivity contribution in [3.8, 4) is 0 Å². The Morgan fingerprint density at radius 3 is 2.22 bits per heavy atom. The van der Waals surface area contributed by atoms with Crippen LogP contribution in [-0.4, -0.2) is 12.6 Å². The molecule has 0 aromatic heterocycles. The van der Waals surface area contributed by atoms with Gasteiger partial charge in [-0.1, -0.05) is 6.58 Å². The van der Waals surface area contributed by atoms with E-state index in [-0.39, 0.29) is 5.97 Å². The maximum Gasteiger partial charge on any atom is 0.330 e. The van der Waals surface area contributed by atoms with Gasteiger partial charge in [0.15, 0.2) is 0 Å². The topological polar surface area (TPSA) is 26.3 Å². The summed E-state index contributed by atoms with van der Waals surface area (Å²) in [6.45, 7) is 4.00. The molecule has 0 unspecified atom stereocenters. The molecular weight excluding hydrogens is 224 g/mol. The summed E-state index contributed by atoms with van der Waals surface area (Å²) in [5.41, 5.74) is 0.620. The maximum absolute atomic E-state index is 11.0. The number of hydrogen-bond acceptors (Lipinski definition) is 2. The minimum absolute atomic E-state index is 0.277. The summed E-state index contributed by atoms with van der Waals surface area (Å²) in [6, 6.07) is 0. The zero-order chi connectivity index (χ0) is 12.6. The Labute approximate surface area is 110 Å².